The van der Waals surface area contributed by atoms with Crippen LogP contribution < -0.4 is 5.32 Å². The average molecular weight is 245 g/mol. The van der Waals surface area contributed by atoms with Crippen molar-refractivity contribution in [1.82, 2.24) is 9.55 Å². The highest BCUT2D eigenvalue weighted by molar-refractivity contribution is 5.81. The van der Waals surface area contributed by atoms with Gasteiger partial charge in [0.2, 0.25) is 0 Å². The van der Waals surface area contributed by atoms with Gasteiger partial charge in [-0.1, -0.05) is 0 Å². The van der Waals surface area contributed by atoms with Gasteiger partial charge in [0.15, 0.2) is 0 Å². The van der Waals surface area contributed by atoms with Crippen LogP contribution in [0.25, 0.3) is 11.0 Å². The quantitative estimate of drug-likeness (QED) is 0.862. The molecule has 0 aliphatic heterocycles. The van der Waals surface area contributed by atoms with Crippen LogP contribution in [0.1, 0.15) is 12.8 Å². The zero-order valence-corrected chi connectivity index (χ0v) is 10.2. The first-order valence-electron chi connectivity index (χ1n) is 5.99. The van der Waals surface area contributed by atoms with Gasteiger partial charge < -0.3 is 15.0 Å². The topological polar surface area (TPSA) is 67.2 Å². The Labute approximate surface area is 104 Å². The van der Waals surface area contributed by atoms with Gasteiger partial charge in [0.05, 0.1) is 22.8 Å². The van der Waals surface area contributed by atoms with Crippen molar-refractivity contribution in [3.05, 3.63) is 24.5 Å². The van der Waals surface area contributed by atoms with Gasteiger partial charge in [0, 0.05) is 19.3 Å². The lowest BCUT2D eigenvalue weighted by Gasteiger charge is -2.12. The fourth-order valence-electron chi connectivity index (χ4n) is 2.13. The lowest BCUT2D eigenvalue weighted by Crippen LogP contribution is -2.24. The van der Waals surface area contributed by atoms with Crippen LogP contribution in [0.5, 0.6) is 0 Å². The summed E-state index contributed by atoms with van der Waals surface area (Å²) in [6.45, 7) is 0.487. The number of aliphatic carboxylic acids is 1. The van der Waals surface area contributed by atoms with E-state index >= 15 is 0 Å². The molecule has 1 aliphatic carbocycles. The molecule has 5 nitrogen and oxygen atoms in total. The number of hydrogen-bond donors (Lipinski definition) is 2. The van der Waals surface area contributed by atoms with E-state index < -0.39 is 11.4 Å². The number of carboxylic acids is 1. The summed E-state index contributed by atoms with van der Waals surface area (Å²) >= 11 is 0. The van der Waals surface area contributed by atoms with Crippen LogP contribution in [0.4, 0.5) is 5.69 Å². The zero-order valence-electron chi connectivity index (χ0n) is 10.2. The van der Waals surface area contributed by atoms with Crippen LogP contribution in [-0.4, -0.2) is 27.2 Å². The predicted molar refractivity (Wildman–Crippen MR) is 68.5 cm³/mol. The SMILES string of the molecule is Cn1cnc2cc(NCC3(C(=O)O)CC3)ccc21. The second-order valence-corrected chi connectivity index (χ2v) is 5.00. The first-order chi connectivity index (χ1) is 8.61. The molecule has 18 heavy (non-hydrogen) atoms. The summed E-state index contributed by atoms with van der Waals surface area (Å²) in [6.07, 6.45) is 3.30. The van der Waals surface area contributed by atoms with E-state index in [1.165, 1.54) is 0 Å². The van der Waals surface area contributed by atoms with Crippen LogP contribution in [0.15, 0.2) is 24.5 Å². The Bertz CT molecular complexity index is 614. The highest BCUT2D eigenvalue weighted by atomic mass is 16.4. The fraction of sp³-hybridized carbons (Fsp3) is 0.385. The third-order valence-electron chi connectivity index (χ3n) is 3.66. The summed E-state index contributed by atoms with van der Waals surface area (Å²) in [7, 11) is 1.95. The Morgan fingerprint density at radius 1 is 1.56 bits per heavy atom. The highest BCUT2D eigenvalue weighted by Gasteiger charge is 2.49. The van der Waals surface area contributed by atoms with E-state index in [0.717, 1.165) is 29.6 Å². The van der Waals surface area contributed by atoms with Crippen molar-refractivity contribution in [3.63, 3.8) is 0 Å². The molecule has 2 N–H and O–H groups in total. The first-order valence-corrected chi connectivity index (χ1v) is 5.99. The van der Waals surface area contributed by atoms with Crippen molar-refractivity contribution in [3.8, 4) is 0 Å². The number of carbonyl (C=O) groups is 1. The second-order valence-electron chi connectivity index (χ2n) is 5.00. The summed E-state index contributed by atoms with van der Waals surface area (Å²) in [5.41, 5.74) is 2.37. The van der Waals surface area contributed by atoms with Gasteiger partial charge in [-0.3, -0.25) is 4.79 Å². The molecule has 1 aliphatic rings. The maximum absolute atomic E-state index is 11.1. The van der Waals surface area contributed by atoms with E-state index in [0.29, 0.717) is 6.54 Å². The summed E-state index contributed by atoms with van der Waals surface area (Å²) in [4.78, 5) is 15.3. The Morgan fingerprint density at radius 3 is 3.00 bits per heavy atom. The van der Waals surface area contributed by atoms with E-state index in [1.54, 1.807) is 6.33 Å². The molecule has 1 aromatic carbocycles. The van der Waals surface area contributed by atoms with E-state index in [1.807, 2.05) is 29.8 Å². The molecule has 3 rings (SSSR count). The van der Waals surface area contributed by atoms with Crippen LogP contribution in [0.2, 0.25) is 0 Å². The molecule has 0 bridgehead atoms. The van der Waals surface area contributed by atoms with E-state index in [4.69, 9.17) is 5.11 Å². The molecule has 0 radical (unpaired) electrons. The molecule has 1 saturated carbocycles. The highest BCUT2D eigenvalue weighted by Crippen LogP contribution is 2.45. The number of fused-ring (bicyclic) bond motifs is 1. The van der Waals surface area contributed by atoms with Gasteiger partial charge in [-0.25, -0.2) is 4.98 Å². The molecule has 0 atom stereocenters. The minimum Gasteiger partial charge on any atom is -0.481 e. The van der Waals surface area contributed by atoms with Gasteiger partial charge >= 0.3 is 5.97 Å². The molecule has 2 aromatic rings. The van der Waals surface area contributed by atoms with Crippen molar-refractivity contribution in [2.24, 2.45) is 12.5 Å². The predicted octanol–water partition coefficient (Wildman–Crippen LogP) is 1.85. The molecule has 1 aromatic heterocycles. The minimum atomic E-state index is -0.700. The Kier molecular flexibility index (Phi) is 2.29. The number of anilines is 1. The van der Waals surface area contributed by atoms with Crippen LogP contribution in [0.3, 0.4) is 0 Å². The largest absolute Gasteiger partial charge is 0.481 e. The van der Waals surface area contributed by atoms with E-state index in [-0.39, 0.29) is 0 Å². The lowest BCUT2D eigenvalue weighted by atomic mass is 10.1. The Hall–Kier alpha value is -2.04. The molecular formula is C13H15N3O2. The van der Waals surface area contributed by atoms with Gasteiger partial charge in [0.25, 0.3) is 0 Å². The van der Waals surface area contributed by atoms with Crippen molar-refractivity contribution in [2.75, 3.05) is 11.9 Å². The fourth-order valence-corrected chi connectivity index (χ4v) is 2.13. The number of benzene rings is 1. The molecule has 1 fully saturated rings. The number of nitrogens with zero attached hydrogens (tertiary/aromatic N) is 2. The molecule has 0 unspecified atom stereocenters. The molecule has 0 spiro atoms. The maximum Gasteiger partial charge on any atom is 0.311 e. The number of carboxylic acid groups (broad SMARTS) is 1. The number of hydrogen-bond acceptors (Lipinski definition) is 3. The Balaban J connectivity index is 1.77. The minimum absolute atomic E-state index is 0.487. The van der Waals surface area contributed by atoms with Crippen molar-refractivity contribution < 1.29 is 9.90 Å². The number of aromatic nitrogens is 2. The van der Waals surface area contributed by atoms with E-state index in [9.17, 15) is 4.79 Å². The molecule has 0 amide bonds. The van der Waals surface area contributed by atoms with Crippen molar-refractivity contribution in [2.45, 2.75) is 12.8 Å². The van der Waals surface area contributed by atoms with Crippen molar-refractivity contribution in [1.29, 1.82) is 0 Å². The average Bonchev–Trinajstić information content (AvgIpc) is 3.07. The standard InChI is InChI=1S/C13H15N3O2/c1-16-8-15-10-6-9(2-3-11(10)16)14-7-13(4-5-13)12(17)18/h2-3,6,8,14H,4-5,7H2,1H3,(H,17,18). The maximum atomic E-state index is 11.1. The van der Waals surface area contributed by atoms with Crippen LogP contribution in [-0.2, 0) is 11.8 Å². The zero-order chi connectivity index (χ0) is 12.8. The summed E-state index contributed by atoms with van der Waals surface area (Å²) in [6, 6.07) is 5.90. The molecule has 1 heterocycles. The molecular weight excluding hydrogens is 230 g/mol. The molecule has 5 heteroatoms. The summed E-state index contributed by atoms with van der Waals surface area (Å²) < 4.78 is 1.96. The van der Waals surface area contributed by atoms with Crippen molar-refractivity contribution >= 4 is 22.7 Å². The number of imidazole rings is 1. The van der Waals surface area contributed by atoms with Crippen LogP contribution in [0, 0.1) is 5.41 Å². The number of nitrogens with one attached hydrogen (secondary N) is 1. The van der Waals surface area contributed by atoms with Gasteiger partial charge in [-0.05, 0) is 31.0 Å². The Morgan fingerprint density at radius 2 is 2.33 bits per heavy atom. The van der Waals surface area contributed by atoms with Gasteiger partial charge in [-0.15, -0.1) is 0 Å². The number of rotatable bonds is 4. The second kappa shape index (κ2) is 3.73. The number of aryl methyl sites for hydroxylation is 1. The van der Waals surface area contributed by atoms with Crippen LogP contribution >= 0.6 is 0 Å². The van der Waals surface area contributed by atoms with Gasteiger partial charge in [0.1, 0.15) is 0 Å². The molecule has 94 valence electrons. The van der Waals surface area contributed by atoms with Gasteiger partial charge in [-0.2, -0.15) is 0 Å². The smallest absolute Gasteiger partial charge is 0.311 e. The lowest BCUT2D eigenvalue weighted by molar-refractivity contribution is -0.142. The molecule has 0 saturated heterocycles. The first kappa shape index (κ1) is 11.1. The van der Waals surface area contributed by atoms with E-state index in [2.05, 4.69) is 10.3 Å². The summed E-state index contributed by atoms with van der Waals surface area (Å²) in [5.74, 6) is -0.700. The third-order valence-corrected chi connectivity index (χ3v) is 3.66. The summed E-state index contributed by atoms with van der Waals surface area (Å²) in [5, 5.41) is 12.3. The normalized spacial score (nSPS) is 16.7. The third kappa shape index (κ3) is 1.72. The monoisotopic (exact) mass is 245 g/mol.